The van der Waals surface area contributed by atoms with Crippen molar-refractivity contribution in [1.82, 2.24) is 0 Å². The molecular formula is C11H16O3. The van der Waals surface area contributed by atoms with Gasteiger partial charge in [-0.2, -0.15) is 0 Å². The lowest BCUT2D eigenvalue weighted by Crippen LogP contribution is -1.97. The predicted molar refractivity (Wildman–Crippen MR) is 54.8 cm³/mol. The fourth-order valence-corrected chi connectivity index (χ4v) is 0.855. The third kappa shape index (κ3) is 5.30. The van der Waals surface area contributed by atoms with Crippen LogP contribution in [0.3, 0.4) is 0 Å². The van der Waals surface area contributed by atoms with Crippen molar-refractivity contribution < 1.29 is 14.3 Å². The number of methoxy groups -OCH3 is 1. The third-order valence-corrected chi connectivity index (χ3v) is 1.66. The molecule has 0 aliphatic rings. The van der Waals surface area contributed by atoms with Gasteiger partial charge in [-0.15, -0.1) is 0 Å². The summed E-state index contributed by atoms with van der Waals surface area (Å²) < 4.78 is 4.42. The second-order valence-corrected chi connectivity index (χ2v) is 2.86. The molecule has 0 heterocycles. The number of allylic oxidation sites excluding steroid dienone is 3. The number of carbonyl (C=O) groups excluding carboxylic acids is 2. The van der Waals surface area contributed by atoms with Gasteiger partial charge in [-0.25, -0.2) is 4.79 Å². The molecule has 0 fully saturated rings. The van der Waals surface area contributed by atoms with Crippen molar-refractivity contribution in [3.63, 3.8) is 0 Å². The Labute approximate surface area is 84.4 Å². The fourth-order valence-electron chi connectivity index (χ4n) is 0.855. The van der Waals surface area contributed by atoms with Gasteiger partial charge in [-0.1, -0.05) is 19.4 Å². The second-order valence-electron chi connectivity index (χ2n) is 2.86. The van der Waals surface area contributed by atoms with Crippen LogP contribution in [-0.2, 0) is 14.3 Å². The molecule has 0 radical (unpaired) electrons. The van der Waals surface area contributed by atoms with Gasteiger partial charge in [0.2, 0.25) is 0 Å². The number of ketones is 1. The second kappa shape index (κ2) is 7.06. The van der Waals surface area contributed by atoms with Gasteiger partial charge in [0.05, 0.1) is 7.11 Å². The fraction of sp³-hybridized carbons (Fsp3) is 0.455. The van der Waals surface area contributed by atoms with Crippen molar-refractivity contribution >= 4 is 11.8 Å². The molecule has 0 aromatic heterocycles. The Morgan fingerprint density at radius 2 is 1.93 bits per heavy atom. The van der Waals surface area contributed by atoms with Crippen LogP contribution in [0.1, 0.15) is 26.7 Å². The molecule has 0 aromatic rings. The zero-order chi connectivity index (χ0) is 11.0. The number of Topliss-reactive ketones (excluding diaryl/α,β-unsaturated/α-hetero) is 1. The van der Waals surface area contributed by atoms with Crippen LogP contribution in [-0.4, -0.2) is 18.9 Å². The van der Waals surface area contributed by atoms with Crippen molar-refractivity contribution in [3.05, 3.63) is 23.8 Å². The minimum atomic E-state index is -0.450. The number of unbranched alkanes of at least 4 members (excludes halogenated alkanes) is 1. The van der Waals surface area contributed by atoms with Crippen molar-refractivity contribution in [3.8, 4) is 0 Å². The Bertz CT molecular complexity index is 262. The van der Waals surface area contributed by atoms with E-state index in [-0.39, 0.29) is 5.78 Å². The number of rotatable bonds is 5. The van der Waals surface area contributed by atoms with Crippen LogP contribution in [0, 0.1) is 0 Å². The molecule has 14 heavy (non-hydrogen) atoms. The minimum Gasteiger partial charge on any atom is -0.466 e. The molecule has 0 unspecified atom stereocenters. The average molecular weight is 196 g/mol. The molecule has 0 bridgehead atoms. The number of carbonyl (C=O) groups is 2. The normalized spacial score (nSPS) is 11.8. The highest BCUT2D eigenvalue weighted by molar-refractivity contribution is 5.97. The van der Waals surface area contributed by atoms with Crippen molar-refractivity contribution in [1.29, 1.82) is 0 Å². The number of hydrogen-bond donors (Lipinski definition) is 0. The quantitative estimate of drug-likeness (QED) is 0.384. The van der Waals surface area contributed by atoms with Crippen molar-refractivity contribution in [2.45, 2.75) is 26.7 Å². The summed E-state index contributed by atoms with van der Waals surface area (Å²) in [5, 5.41) is 0. The Morgan fingerprint density at radius 1 is 1.29 bits per heavy atom. The van der Waals surface area contributed by atoms with E-state index >= 15 is 0 Å². The molecule has 78 valence electrons. The lowest BCUT2D eigenvalue weighted by Gasteiger charge is -1.95. The summed E-state index contributed by atoms with van der Waals surface area (Å²) in [5.74, 6) is -0.493. The Hall–Kier alpha value is -1.38. The Kier molecular flexibility index (Phi) is 6.37. The summed E-state index contributed by atoms with van der Waals surface area (Å²) in [5.41, 5.74) is 0.553. The number of esters is 1. The van der Waals surface area contributed by atoms with E-state index in [4.69, 9.17) is 0 Å². The highest BCUT2D eigenvalue weighted by Gasteiger charge is 1.99. The highest BCUT2D eigenvalue weighted by Crippen LogP contribution is 2.02. The lowest BCUT2D eigenvalue weighted by molar-refractivity contribution is -0.134. The van der Waals surface area contributed by atoms with Crippen LogP contribution in [0.4, 0.5) is 0 Å². The van der Waals surface area contributed by atoms with Crippen LogP contribution in [0.5, 0.6) is 0 Å². The van der Waals surface area contributed by atoms with Gasteiger partial charge in [-0.05, 0) is 19.4 Å². The molecule has 0 saturated heterocycles. The van der Waals surface area contributed by atoms with Gasteiger partial charge in [-0.3, -0.25) is 4.79 Å². The van der Waals surface area contributed by atoms with Crippen LogP contribution in [0.2, 0.25) is 0 Å². The number of hydrogen-bond acceptors (Lipinski definition) is 3. The first kappa shape index (κ1) is 12.6. The molecular weight excluding hydrogens is 180 g/mol. The maximum Gasteiger partial charge on any atom is 0.330 e. The lowest BCUT2D eigenvalue weighted by atomic mass is 10.1. The molecule has 0 amide bonds. The molecule has 0 aromatic carbocycles. The molecule has 3 nitrogen and oxygen atoms in total. The van der Waals surface area contributed by atoms with Crippen molar-refractivity contribution in [2.75, 3.05) is 7.11 Å². The number of ether oxygens (including phenoxy) is 1. The van der Waals surface area contributed by atoms with Crippen LogP contribution in [0.25, 0.3) is 0 Å². The Balaban J connectivity index is 4.45. The standard InChI is InChI=1S/C11H16O3/c1-4-5-6-10(9(2)12)7-8-11(13)14-3/h6-8H,4-5H2,1-3H3/b8-7+,10-6-. The molecule has 0 aliphatic carbocycles. The topological polar surface area (TPSA) is 43.4 Å². The zero-order valence-electron chi connectivity index (χ0n) is 8.87. The first-order valence-electron chi connectivity index (χ1n) is 4.59. The molecule has 3 heteroatoms. The summed E-state index contributed by atoms with van der Waals surface area (Å²) >= 11 is 0. The van der Waals surface area contributed by atoms with Crippen LogP contribution >= 0.6 is 0 Å². The molecule has 0 atom stereocenters. The predicted octanol–water partition coefficient (Wildman–Crippen LogP) is 2.03. The largest absolute Gasteiger partial charge is 0.466 e. The summed E-state index contributed by atoms with van der Waals surface area (Å²) in [6.07, 6.45) is 6.37. The molecule has 0 saturated carbocycles. The molecule has 0 spiro atoms. The monoisotopic (exact) mass is 196 g/mol. The Morgan fingerprint density at radius 3 is 2.36 bits per heavy atom. The van der Waals surface area contributed by atoms with E-state index in [0.29, 0.717) is 5.57 Å². The van der Waals surface area contributed by atoms with E-state index in [9.17, 15) is 9.59 Å². The SMILES string of the molecule is CCC/C=C(/C=C/C(=O)OC)C(C)=O. The van der Waals surface area contributed by atoms with E-state index in [1.54, 1.807) is 0 Å². The smallest absolute Gasteiger partial charge is 0.330 e. The maximum atomic E-state index is 11.1. The van der Waals surface area contributed by atoms with E-state index < -0.39 is 5.97 Å². The maximum absolute atomic E-state index is 11.1. The van der Waals surface area contributed by atoms with Gasteiger partial charge >= 0.3 is 5.97 Å². The molecule has 0 N–H and O–H groups in total. The highest BCUT2D eigenvalue weighted by atomic mass is 16.5. The van der Waals surface area contributed by atoms with Gasteiger partial charge in [0.15, 0.2) is 5.78 Å². The first-order valence-corrected chi connectivity index (χ1v) is 4.59. The van der Waals surface area contributed by atoms with E-state index in [1.807, 2.05) is 13.0 Å². The zero-order valence-corrected chi connectivity index (χ0v) is 8.87. The molecule has 0 rings (SSSR count). The van der Waals surface area contributed by atoms with Gasteiger partial charge in [0.25, 0.3) is 0 Å². The third-order valence-electron chi connectivity index (χ3n) is 1.66. The van der Waals surface area contributed by atoms with E-state index in [2.05, 4.69) is 4.74 Å². The summed E-state index contributed by atoms with van der Waals surface area (Å²) in [7, 11) is 1.30. The van der Waals surface area contributed by atoms with Gasteiger partial charge in [0.1, 0.15) is 0 Å². The van der Waals surface area contributed by atoms with E-state index in [1.165, 1.54) is 26.2 Å². The van der Waals surface area contributed by atoms with Gasteiger partial charge < -0.3 is 4.74 Å². The summed E-state index contributed by atoms with van der Waals surface area (Å²) in [4.78, 5) is 21.8. The minimum absolute atomic E-state index is 0.0430. The van der Waals surface area contributed by atoms with Gasteiger partial charge in [0, 0.05) is 11.6 Å². The summed E-state index contributed by atoms with van der Waals surface area (Å²) in [6, 6.07) is 0. The van der Waals surface area contributed by atoms with Crippen LogP contribution in [0.15, 0.2) is 23.8 Å². The van der Waals surface area contributed by atoms with Crippen LogP contribution < -0.4 is 0 Å². The van der Waals surface area contributed by atoms with E-state index in [0.717, 1.165) is 12.8 Å². The molecule has 0 aliphatic heterocycles. The van der Waals surface area contributed by atoms with Crippen molar-refractivity contribution in [2.24, 2.45) is 0 Å². The summed E-state index contributed by atoms with van der Waals surface area (Å²) in [6.45, 7) is 3.50. The first-order chi connectivity index (χ1) is 6.61. The average Bonchev–Trinajstić information content (AvgIpc) is 2.16.